The third kappa shape index (κ3) is 3.77. The Morgan fingerprint density at radius 1 is 1.00 bits per heavy atom. The van der Waals surface area contributed by atoms with Crippen molar-refractivity contribution in [1.82, 2.24) is 4.98 Å². The van der Waals surface area contributed by atoms with Crippen LogP contribution in [0.2, 0.25) is 0 Å². The highest BCUT2D eigenvalue weighted by molar-refractivity contribution is 7.91. The molecule has 8 heteroatoms. The van der Waals surface area contributed by atoms with Crippen LogP contribution >= 0.6 is 0 Å². The van der Waals surface area contributed by atoms with Crippen LogP contribution < -0.4 is 4.90 Å². The van der Waals surface area contributed by atoms with Gasteiger partial charge in [0.25, 0.3) is 0 Å². The Hall–Kier alpha value is -2.71. The first kappa shape index (κ1) is 19.6. The number of benzene rings is 2. The van der Waals surface area contributed by atoms with Gasteiger partial charge in [0.05, 0.1) is 22.7 Å². The summed E-state index contributed by atoms with van der Waals surface area (Å²) in [6.07, 6.45) is -0.235. The van der Waals surface area contributed by atoms with Crippen molar-refractivity contribution in [2.75, 3.05) is 18.0 Å². The van der Waals surface area contributed by atoms with Crippen molar-refractivity contribution < 1.29 is 22.0 Å². The molecule has 1 aliphatic heterocycles. The average molecular weight is 416 g/mol. The van der Waals surface area contributed by atoms with Crippen LogP contribution in [0.4, 0.5) is 10.3 Å². The molecular weight excluding hydrogens is 395 g/mol. The van der Waals surface area contributed by atoms with Gasteiger partial charge in [-0.3, -0.25) is 0 Å². The maximum absolute atomic E-state index is 14.3. The van der Waals surface area contributed by atoms with E-state index in [1.54, 1.807) is 35.2 Å². The van der Waals surface area contributed by atoms with E-state index in [9.17, 15) is 12.8 Å². The fourth-order valence-corrected chi connectivity index (χ4v) is 4.82. The van der Waals surface area contributed by atoms with Crippen molar-refractivity contribution in [3.05, 3.63) is 60.4 Å². The van der Waals surface area contributed by atoms with Crippen LogP contribution in [0.1, 0.15) is 13.8 Å². The number of ether oxygens (including phenoxy) is 1. The standard InChI is InChI=1S/C21H21FN2O4S/c1-14-12-24(13-15(2)27-14)21-20(29(25,26)16-8-4-3-5-9-16)23-19(28-21)17-10-6-7-11-18(17)22/h3-11,14-15H,12-13H2,1-2H3/t14-,15-/m0/s1. The number of anilines is 1. The number of rotatable bonds is 4. The number of halogens is 1. The smallest absolute Gasteiger partial charge is 0.236 e. The molecule has 2 atom stereocenters. The Balaban J connectivity index is 1.88. The van der Waals surface area contributed by atoms with E-state index in [1.165, 1.54) is 24.3 Å². The molecule has 0 amide bonds. The molecule has 0 radical (unpaired) electrons. The lowest BCUT2D eigenvalue weighted by atomic mass is 10.2. The summed E-state index contributed by atoms with van der Waals surface area (Å²) in [6, 6.07) is 14.0. The monoisotopic (exact) mass is 416 g/mol. The molecule has 1 aromatic heterocycles. The second-order valence-corrected chi connectivity index (χ2v) is 8.95. The molecule has 0 spiro atoms. The predicted octanol–water partition coefficient (Wildman–Crippen LogP) is 3.93. The number of sulfone groups is 1. The molecule has 1 fully saturated rings. The Morgan fingerprint density at radius 2 is 1.62 bits per heavy atom. The van der Waals surface area contributed by atoms with E-state index in [-0.39, 0.29) is 39.5 Å². The lowest BCUT2D eigenvalue weighted by Crippen LogP contribution is -2.45. The topological polar surface area (TPSA) is 72.6 Å². The Morgan fingerprint density at radius 3 is 2.28 bits per heavy atom. The van der Waals surface area contributed by atoms with Gasteiger partial charge in [0.1, 0.15) is 5.82 Å². The molecule has 152 valence electrons. The van der Waals surface area contributed by atoms with Crippen molar-refractivity contribution in [2.24, 2.45) is 0 Å². The second kappa shape index (κ2) is 7.61. The van der Waals surface area contributed by atoms with E-state index in [1.807, 2.05) is 13.8 Å². The quantitative estimate of drug-likeness (QED) is 0.642. The third-order valence-corrected chi connectivity index (χ3v) is 6.37. The summed E-state index contributed by atoms with van der Waals surface area (Å²) in [5, 5.41) is -0.219. The summed E-state index contributed by atoms with van der Waals surface area (Å²) < 4.78 is 52.6. The van der Waals surface area contributed by atoms with E-state index in [0.717, 1.165) is 0 Å². The first-order chi connectivity index (χ1) is 13.9. The summed E-state index contributed by atoms with van der Waals surface area (Å²) in [7, 11) is -3.96. The third-order valence-electron chi connectivity index (χ3n) is 4.70. The zero-order chi connectivity index (χ0) is 20.6. The number of hydrogen-bond acceptors (Lipinski definition) is 6. The number of hydrogen-bond donors (Lipinski definition) is 0. The molecule has 0 saturated carbocycles. The maximum atomic E-state index is 14.3. The SMILES string of the molecule is C[C@H]1CN(c2oc(-c3ccccc3F)nc2S(=O)(=O)c2ccccc2)C[C@H](C)O1. The zero-order valence-corrected chi connectivity index (χ0v) is 16.9. The predicted molar refractivity (Wildman–Crippen MR) is 106 cm³/mol. The molecule has 2 aromatic carbocycles. The molecular formula is C21H21FN2O4S. The molecule has 0 unspecified atom stereocenters. The zero-order valence-electron chi connectivity index (χ0n) is 16.1. The first-order valence-electron chi connectivity index (χ1n) is 9.32. The molecule has 29 heavy (non-hydrogen) atoms. The van der Waals surface area contributed by atoms with Crippen LogP contribution in [-0.2, 0) is 14.6 Å². The van der Waals surface area contributed by atoms with Crippen molar-refractivity contribution in [1.29, 1.82) is 0 Å². The minimum absolute atomic E-state index is 0.0700. The number of oxazole rings is 1. The van der Waals surface area contributed by atoms with Gasteiger partial charge >= 0.3 is 0 Å². The fraction of sp³-hybridized carbons (Fsp3) is 0.286. The van der Waals surface area contributed by atoms with Crippen LogP contribution in [0.25, 0.3) is 11.5 Å². The van der Waals surface area contributed by atoms with E-state index in [4.69, 9.17) is 9.15 Å². The lowest BCUT2D eigenvalue weighted by molar-refractivity contribution is -0.00657. The van der Waals surface area contributed by atoms with E-state index < -0.39 is 15.7 Å². The highest BCUT2D eigenvalue weighted by Gasteiger charge is 2.34. The van der Waals surface area contributed by atoms with Gasteiger partial charge in [-0.1, -0.05) is 30.3 Å². The molecule has 6 nitrogen and oxygen atoms in total. The van der Waals surface area contributed by atoms with E-state index in [0.29, 0.717) is 13.1 Å². The first-order valence-corrected chi connectivity index (χ1v) is 10.8. The minimum atomic E-state index is -3.96. The van der Waals surface area contributed by atoms with Crippen molar-refractivity contribution in [2.45, 2.75) is 36.0 Å². The van der Waals surface area contributed by atoms with Crippen LogP contribution in [-0.4, -0.2) is 38.7 Å². The summed E-state index contributed by atoms with van der Waals surface area (Å²) in [6.45, 7) is 4.69. The molecule has 2 heterocycles. The summed E-state index contributed by atoms with van der Waals surface area (Å²) in [4.78, 5) is 6.14. The summed E-state index contributed by atoms with van der Waals surface area (Å²) in [5.41, 5.74) is 0.109. The molecule has 1 aliphatic rings. The highest BCUT2D eigenvalue weighted by Crippen LogP contribution is 2.36. The van der Waals surface area contributed by atoms with Gasteiger partial charge in [0, 0.05) is 13.1 Å². The van der Waals surface area contributed by atoms with Crippen LogP contribution in [0.5, 0.6) is 0 Å². The highest BCUT2D eigenvalue weighted by atomic mass is 32.2. The number of aromatic nitrogens is 1. The van der Waals surface area contributed by atoms with E-state index in [2.05, 4.69) is 4.98 Å². The fourth-order valence-electron chi connectivity index (χ4n) is 3.48. The van der Waals surface area contributed by atoms with Crippen LogP contribution in [0.3, 0.4) is 0 Å². The maximum Gasteiger partial charge on any atom is 0.236 e. The van der Waals surface area contributed by atoms with Gasteiger partial charge in [-0.05, 0) is 38.1 Å². The van der Waals surface area contributed by atoms with Crippen molar-refractivity contribution in [3.8, 4) is 11.5 Å². The van der Waals surface area contributed by atoms with Crippen LogP contribution in [0, 0.1) is 5.82 Å². The van der Waals surface area contributed by atoms with Crippen molar-refractivity contribution >= 4 is 15.7 Å². The molecule has 0 N–H and O–H groups in total. The number of nitrogens with zero attached hydrogens (tertiary/aromatic N) is 2. The Labute approximate surface area is 168 Å². The molecule has 0 aliphatic carbocycles. The lowest BCUT2D eigenvalue weighted by Gasteiger charge is -2.35. The van der Waals surface area contributed by atoms with Gasteiger partial charge in [-0.2, -0.15) is 4.98 Å². The second-order valence-electron chi connectivity index (χ2n) is 7.09. The van der Waals surface area contributed by atoms with Crippen molar-refractivity contribution in [3.63, 3.8) is 0 Å². The minimum Gasteiger partial charge on any atom is -0.419 e. The molecule has 1 saturated heterocycles. The number of morpholine rings is 1. The van der Waals surface area contributed by atoms with Gasteiger partial charge in [-0.15, -0.1) is 0 Å². The van der Waals surface area contributed by atoms with Crippen LogP contribution in [0.15, 0.2) is 68.9 Å². The van der Waals surface area contributed by atoms with Gasteiger partial charge < -0.3 is 14.1 Å². The average Bonchev–Trinajstić information content (AvgIpc) is 3.14. The summed E-state index contributed by atoms with van der Waals surface area (Å²) in [5.74, 6) is -0.499. The molecule has 0 bridgehead atoms. The van der Waals surface area contributed by atoms with Gasteiger partial charge in [0.2, 0.25) is 26.6 Å². The normalized spacial score (nSPS) is 20.0. The molecule has 3 aromatic rings. The van der Waals surface area contributed by atoms with E-state index >= 15 is 0 Å². The Bertz CT molecular complexity index is 1100. The van der Waals surface area contributed by atoms with Gasteiger partial charge in [-0.25, -0.2) is 12.8 Å². The molecule has 4 rings (SSSR count). The Kier molecular flexibility index (Phi) is 5.14. The van der Waals surface area contributed by atoms with Gasteiger partial charge in [0.15, 0.2) is 0 Å². The summed E-state index contributed by atoms with van der Waals surface area (Å²) >= 11 is 0. The largest absolute Gasteiger partial charge is 0.419 e.